The topological polar surface area (TPSA) is 20.3 Å². The van der Waals surface area contributed by atoms with Gasteiger partial charge in [0.1, 0.15) is 0 Å². The van der Waals surface area contributed by atoms with E-state index in [1.807, 2.05) is 48.2 Å². The van der Waals surface area contributed by atoms with Crippen molar-refractivity contribution in [3.8, 4) is 0 Å². The van der Waals surface area contributed by atoms with E-state index in [-0.39, 0.29) is 11.9 Å². The number of fused-ring (bicyclic) bond motifs is 1. The maximum Gasteiger partial charge on any atom is 0.258 e. The molecule has 1 unspecified atom stereocenters. The monoisotopic (exact) mass is 329 g/mol. The number of amides is 1. The molecule has 1 aliphatic heterocycles. The second-order valence-corrected chi connectivity index (χ2v) is 6.23. The molecule has 2 aromatic carbocycles. The molecular formula is C17H16BrNO. The van der Waals surface area contributed by atoms with Crippen LogP contribution in [0.2, 0.25) is 0 Å². The van der Waals surface area contributed by atoms with Gasteiger partial charge in [-0.25, -0.2) is 0 Å². The van der Waals surface area contributed by atoms with Crippen molar-refractivity contribution in [1.29, 1.82) is 0 Å². The standard InChI is InChI=1S/C17H16BrNO/c1-11-7-8-14(18)10-15(11)17(20)19-12(2)9-13-5-3-4-6-16(13)19/h3-8,10,12H,9H2,1-2H3. The van der Waals surface area contributed by atoms with E-state index < -0.39 is 0 Å². The molecule has 20 heavy (non-hydrogen) atoms. The Hall–Kier alpha value is -1.61. The van der Waals surface area contributed by atoms with Crippen molar-refractivity contribution in [3.05, 3.63) is 63.6 Å². The van der Waals surface area contributed by atoms with E-state index in [0.29, 0.717) is 0 Å². The molecule has 2 nitrogen and oxygen atoms in total. The highest BCUT2D eigenvalue weighted by Crippen LogP contribution is 2.33. The minimum Gasteiger partial charge on any atom is -0.305 e. The van der Waals surface area contributed by atoms with Crippen LogP contribution in [-0.2, 0) is 6.42 Å². The first-order valence-corrected chi connectivity index (χ1v) is 7.55. The second kappa shape index (κ2) is 5.06. The lowest BCUT2D eigenvalue weighted by Gasteiger charge is -2.23. The van der Waals surface area contributed by atoms with Gasteiger partial charge in [0.25, 0.3) is 5.91 Å². The zero-order valence-electron chi connectivity index (χ0n) is 11.6. The summed E-state index contributed by atoms with van der Waals surface area (Å²) in [5.41, 5.74) is 4.07. The Balaban J connectivity index is 2.05. The molecule has 3 heteroatoms. The van der Waals surface area contributed by atoms with Crippen molar-refractivity contribution in [1.82, 2.24) is 0 Å². The number of benzene rings is 2. The Morgan fingerprint density at radius 2 is 2.00 bits per heavy atom. The third kappa shape index (κ3) is 2.16. The summed E-state index contributed by atoms with van der Waals surface area (Å²) in [6.45, 7) is 4.08. The fourth-order valence-electron chi connectivity index (χ4n) is 2.83. The van der Waals surface area contributed by atoms with Gasteiger partial charge in [0.2, 0.25) is 0 Å². The molecule has 2 aromatic rings. The molecule has 1 heterocycles. The number of halogens is 1. The van der Waals surface area contributed by atoms with Crippen LogP contribution in [0.5, 0.6) is 0 Å². The number of anilines is 1. The van der Waals surface area contributed by atoms with Crippen LogP contribution in [0.15, 0.2) is 46.9 Å². The Morgan fingerprint density at radius 1 is 1.25 bits per heavy atom. The molecule has 0 fully saturated rings. The number of hydrogen-bond donors (Lipinski definition) is 0. The number of hydrogen-bond acceptors (Lipinski definition) is 1. The highest BCUT2D eigenvalue weighted by molar-refractivity contribution is 9.10. The van der Waals surface area contributed by atoms with Crippen LogP contribution < -0.4 is 4.90 Å². The predicted molar refractivity (Wildman–Crippen MR) is 85.3 cm³/mol. The van der Waals surface area contributed by atoms with Gasteiger partial charge in [-0.3, -0.25) is 4.79 Å². The first-order chi connectivity index (χ1) is 9.58. The molecule has 0 aliphatic carbocycles. The smallest absolute Gasteiger partial charge is 0.258 e. The van der Waals surface area contributed by atoms with E-state index in [1.54, 1.807) is 0 Å². The molecule has 0 aromatic heterocycles. The van der Waals surface area contributed by atoms with Crippen LogP contribution in [0.3, 0.4) is 0 Å². The summed E-state index contributed by atoms with van der Waals surface area (Å²) in [6, 6.07) is 14.2. The number of carbonyl (C=O) groups excluding carboxylic acids is 1. The van der Waals surface area contributed by atoms with Gasteiger partial charge in [0.05, 0.1) is 0 Å². The van der Waals surface area contributed by atoms with Crippen molar-refractivity contribution in [2.24, 2.45) is 0 Å². The van der Waals surface area contributed by atoms with Gasteiger partial charge in [0, 0.05) is 21.8 Å². The van der Waals surface area contributed by atoms with Gasteiger partial charge in [-0.05, 0) is 49.6 Å². The minimum atomic E-state index is 0.0845. The van der Waals surface area contributed by atoms with Gasteiger partial charge in [-0.1, -0.05) is 40.2 Å². The van der Waals surface area contributed by atoms with E-state index in [9.17, 15) is 4.79 Å². The maximum atomic E-state index is 12.9. The molecule has 0 radical (unpaired) electrons. The predicted octanol–water partition coefficient (Wildman–Crippen LogP) is 4.35. The lowest BCUT2D eigenvalue weighted by atomic mass is 10.1. The highest BCUT2D eigenvalue weighted by Gasteiger charge is 2.31. The minimum absolute atomic E-state index is 0.0845. The average molecular weight is 330 g/mol. The molecule has 1 aliphatic rings. The molecule has 102 valence electrons. The van der Waals surface area contributed by atoms with Crippen LogP contribution in [-0.4, -0.2) is 11.9 Å². The van der Waals surface area contributed by atoms with Gasteiger partial charge < -0.3 is 4.90 Å². The number of rotatable bonds is 1. The quantitative estimate of drug-likeness (QED) is 0.761. The van der Waals surface area contributed by atoms with E-state index in [4.69, 9.17) is 0 Å². The summed E-state index contributed by atoms with van der Waals surface area (Å²) in [7, 11) is 0. The molecule has 1 amide bonds. The molecule has 0 saturated heterocycles. The van der Waals surface area contributed by atoms with E-state index in [0.717, 1.165) is 27.7 Å². The molecule has 0 saturated carbocycles. The first-order valence-electron chi connectivity index (χ1n) is 6.75. The summed E-state index contributed by atoms with van der Waals surface area (Å²) >= 11 is 3.45. The molecule has 0 N–H and O–H groups in total. The van der Waals surface area contributed by atoms with E-state index in [1.165, 1.54) is 5.56 Å². The lowest BCUT2D eigenvalue weighted by Crippen LogP contribution is -2.36. The molecule has 0 spiro atoms. The van der Waals surface area contributed by atoms with Crippen molar-refractivity contribution >= 4 is 27.5 Å². The zero-order chi connectivity index (χ0) is 14.3. The first kappa shape index (κ1) is 13.4. The number of aryl methyl sites for hydroxylation is 1. The van der Waals surface area contributed by atoms with Crippen molar-refractivity contribution in [3.63, 3.8) is 0 Å². The number of nitrogens with zero attached hydrogens (tertiary/aromatic N) is 1. The summed E-state index contributed by atoms with van der Waals surface area (Å²) in [6.07, 6.45) is 0.926. The molecule has 0 bridgehead atoms. The summed E-state index contributed by atoms with van der Waals surface area (Å²) in [5, 5.41) is 0. The molecule has 3 rings (SSSR count). The fourth-order valence-corrected chi connectivity index (χ4v) is 3.19. The van der Waals surface area contributed by atoms with Crippen LogP contribution in [0, 0.1) is 6.92 Å². The van der Waals surface area contributed by atoms with E-state index >= 15 is 0 Å². The summed E-state index contributed by atoms with van der Waals surface area (Å²) < 4.78 is 0.937. The largest absolute Gasteiger partial charge is 0.305 e. The van der Waals surface area contributed by atoms with Crippen molar-refractivity contribution < 1.29 is 4.79 Å². The Bertz CT molecular complexity index is 680. The van der Waals surface area contributed by atoms with Gasteiger partial charge in [0.15, 0.2) is 0 Å². The van der Waals surface area contributed by atoms with Crippen LogP contribution >= 0.6 is 15.9 Å². The number of para-hydroxylation sites is 1. The molecular weight excluding hydrogens is 314 g/mol. The summed E-state index contributed by atoms with van der Waals surface area (Å²) in [4.78, 5) is 14.8. The van der Waals surface area contributed by atoms with E-state index in [2.05, 4.69) is 28.9 Å². The Morgan fingerprint density at radius 3 is 2.80 bits per heavy atom. The second-order valence-electron chi connectivity index (χ2n) is 5.32. The van der Waals surface area contributed by atoms with Crippen LogP contribution in [0.25, 0.3) is 0 Å². The fraction of sp³-hybridized carbons (Fsp3) is 0.235. The third-order valence-electron chi connectivity index (χ3n) is 3.86. The third-order valence-corrected chi connectivity index (χ3v) is 4.35. The highest BCUT2D eigenvalue weighted by atomic mass is 79.9. The lowest BCUT2D eigenvalue weighted by molar-refractivity contribution is 0.0981. The SMILES string of the molecule is Cc1ccc(Br)cc1C(=O)N1c2ccccc2CC1C. The van der Waals surface area contributed by atoms with Gasteiger partial charge in [-0.2, -0.15) is 0 Å². The van der Waals surface area contributed by atoms with Crippen LogP contribution in [0.1, 0.15) is 28.4 Å². The molecule has 1 atom stereocenters. The van der Waals surface area contributed by atoms with Crippen LogP contribution in [0.4, 0.5) is 5.69 Å². The Kier molecular flexibility index (Phi) is 3.38. The van der Waals surface area contributed by atoms with Crippen molar-refractivity contribution in [2.75, 3.05) is 4.90 Å². The van der Waals surface area contributed by atoms with Gasteiger partial charge >= 0.3 is 0 Å². The van der Waals surface area contributed by atoms with Gasteiger partial charge in [-0.15, -0.1) is 0 Å². The normalized spacial score (nSPS) is 17.1. The number of carbonyl (C=O) groups is 1. The Labute approximate surface area is 127 Å². The average Bonchev–Trinajstić information content (AvgIpc) is 2.76. The van der Waals surface area contributed by atoms with Crippen molar-refractivity contribution in [2.45, 2.75) is 26.3 Å². The zero-order valence-corrected chi connectivity index (χ0v) is 13.1. The summed E-state index contributed by atoms with van der Waals surface area (Å²) in [5.74, 6) is 0.0845. The maximum absolute atomic E-state index is 12.9.